The summed E-state index contributed by atoms with van der Waals surface area (Å²) in [7, 11) is 0. The number of ketones is 1. The molecule has 0 radical (unpaired) electrons. The van der Waals surface area contributed by atoms with E-state index < -0.39 is 12.1 Å². The molecule has 4 nitrogen and oxygen atoms in total. The number of carbonyl (C=O) groups is 2. The van der Waals surface area contributed by atoms with Gasteiger partial charge in [0.1, 0.15) is 5.78 Å². The highest BCUT2D eigenvalue weighted by molar-refractivity contribution is 7.19. The summed E-state index contributed by atoms with van der Waals surface area (Å²) in [5.41, 5.74) is 0.910. The molecule has 0 spiro atoms. The maximum Gasteiger partial charge on any atom is 0.303 e. The van der Waals surface area contributed by atoms with Gasteiger partial charge in [-0.25, -0.2) is 0 Å². The Hall–Kier alpha value is -2.50. The van der Waals surface area contributed by atoms with Crippen molar-refractivity contribution in [3.63, 3.8) is 0 Å². The normalized spacial score (nSPS) is 20.2. The topological polar surface area (TPSA) is 74.6 Å². The van der Waals surface area contributed by atoms with Crippen molar-refractivity contribution in [1.29, 1.82) is 0 Å². The number of hydrogen-bond acceptors (Lipinski definition) is 4. The van der Waals surface area contributed by atoms with Gasteiger partial charge < -0.3 is 10.2 Å². The van der Waals surface area contributed by atoms with Crippen LogP contribution in [0.5, 0.6) is 0 Å². The fourth-order valence-electron chi connectivity index (χ4n) is 4.23. The van der Waals surface area contributed by atoms with Crippen LogP contribution in [0, 0.1) is 11.8 Å². The summed E-state index contributed by atoms with van der Waals surface area (Å²) in [5, 5.41) is 20.4. The first-order valence-electron chi connectivity index (χ1n) is 11.3. The van der Waals surface area contributed by atoms with E-state index in [0.717, 1.165) is 18.4 Å². The molecule has 1 aromatic heterocycles. The van der Waals surface area contributed by atoms with E-state index in [9.17, 15) is 14.7 Å². The second kappa shape index (κ2) is 11.9. The SMILES string of the molecule is C=C1CC(=O)[C@H](CC=CCCCC(=O)O)[C@H]1C=C[C@@H](O)CCCc1cc2ccccc2s1. The second-order valence-corrected chi connectivity index (χ2v) is 9.69. The maximum absolute atomic E-state index is 12.4. The molecule has 1 saturated carbocycles. The third-order valence-electron chi connectivity index (χ3n) is 5.98. The van der Waals surface area contributed by atoms with E-state index in [2.05, 4.69) is 36.9 Å². The summed E-state index contributed by atoms with van der Waals surface area (Å²) >= 11 is 1.81. The molecule has 0 unspecified atom stereocenters. The van der Waals surface area contributed by atoms with E-state index in [-0.39, 0.29) is 24.0 Å². The number of unbranched alkanes of at least 4 members (excludes halogenated alkanes) is 1. The number of carboxylic acids is 1. The van der Waals surface area contributed by atoms with Crippen LogP contribution >= 0.6 is 11.3 Å². The molecule has 2 N–H and O–H groups in total. The fourth-order valence-corrected chi connectivity index (χ4v) is 5.33. The Labute approximate surface area is 194 Å². The van der Waals surface area contributed by atoms with Crippen LogP contribution in [-0.4, -0.2) is 28.1 Å². The van der Waals surface area contributed by atoms with Gasteiger partial charge in [0.2, 0.25) is 0 Å². The first-order valence-corrected chi connectivity index (χ1v) is 12.2. The number of benzene rings is 1. The molecular formula is C27H32O4S. The summed E-state index contributed by atoms with van der Waals surface area (Å²) in [4.78, 5) is 24.3. The van der Waals surface area contributed by atoms with E-state index in [4.69, 9.17) is 5.11 Å². The molecule has 0 aliphatic heterocycles. The molecule has 0 saturated heterocycles. The predicted molar refractivity (Wildman–Crippen MR) is 131 cm³/mol. The van der Waals surface area contributed by atoms with Crippen molar-refractivity contribution in [3.8, 4) is 0 Å². The van der Waals surface area contributed by atoms with Crippen LogP contribution in [0.1, 0.15) is 49.8 Å². The molecule has 1 heterocycles. The maximum atomic E-state index is 12.4. The molecule has 0 bridgehead atoms. The molecule has 1 aliphatic rings. The Morgan fingerprint density at radius 2 is 2.06 bits per heavy atom. The lowest BCUT2D eigenvalue weighted by Gasteiger charge is -2.14. The summed E-state index contributed by atoms with van der Waals surface area (Å²) in [6.07, 6.45) is 12.2. The number of carbonyl (C=O) groups excluding carboxylic acids is 1. The number of fused-ring (bicyclic) bond motifs is 1. The largest absolute Gasteiger partial charge is 0.481 e. The number of aliphatic carboxylic acids is 1. The number of thiophene rings is 1. The first kappa shape index (κ1) is 24.1. The standard InChI is InChI=1S/C27H32O4S/c1-19-17-25(29)24(12-4-2-3-5-14-27(30)31)23(19)16-15-21(28)10-8-11-22-18-20-9-6-7-13-26(20)32-22/h2,4,6-7,9,13,15-16,18,21,23-24,28H,1,3,5,8,10-12,14,17H2,(H,30,31)/t21-,23-,24+/m0/s1. The highest BCUT2D eigenvalue weighted by Crippen LogP contribution is 2.36. The van der Waals surface area contributed by atoms with Gasteiger partial charge in [-0.05, 0) is 56.0 Å². The lowest BCUT2D eigenvalue weighted by atomic mass is 9.89. The second-order valence-electron chi connectivity index (χ2n) is 8.52. The van der Waals surface area contributed by atoms with Gasteiger partial charge in [-0.2, -0.15) is 0 Å². The number of aliphatic hydroxyl groups excluding tert-OH is 1. The summed E-state index contributed by atoms with van der Waals surface area (Å²) < 4.78 is 1.30. The number of carboxylic acid groups (broad SMARTS) is 1. The Morgan fingerprint density at radius 1 is 1.25 bits per heavy atom. The van der Waals surface area contributed by atoms with Gasteiger partial charge in [-0.3, -0.25) is 9.59 Å². The van der Waals surface area contributed by atoms with Crippen LogP contribution in [0.4, 0.5) is 0 Å². The van der Waals surface area contributed by atoms with E-state index in [1.165, 1.54) is 15.0 Å². The summed E-state index contributed by atoms with van der Waals surface area (Å²) in [6.45, 7) is 4.07. The van der Waals surface area contributed by atoms with Crippen LogP contribution in [0.2, 0.25) is 0 Å². The summed E-state index contributed by atoms with van der Waals surface area (Å²) in [5.74, 6) is -0.768. The fraction of sp³-hybridized carbons (Fsp3) is 0.407. The number of hydrogen-bond donors (Lipinski definition) is 2. The average molecular weight is 453 g/mol. The van der Waals surface area contributed by atoms with E-state index in [1.807, 2.05) is 35.6 Å². The third kappa shape index (κ3) is 7.01. The first-order chi connectivity index (χ1) is 15.4. The molecule has 5 heteroatoms. The van der Waals surface area contributed by atoms with Crippen LogP contribution in [0.3, 0.4) is 0 Å². The van der Waals surface area contributed by atoms with Crippen molar-refractivity contribution in [2.75, 3.05) is 0 Å². The Bertz CT molecular complexity index is 967. The van der Waals surface area contributed by atoms with Crippen LogP contribution in [0.15, 0.2) is 66.8 Å². The molecule has 2 aromatic rings. The zero-order valence-corrected chi connectivity index (χ0v) is 19.2. The van der Waals surface area contributed by atoms with Crippen molar-refractivity contribution in [3.05, 3.63) is 71.7 Å². The molecular weight excluding hydrogens is 420 g/mol. The van der Waals surface area contributed by atoms with Crippen molar-refractivity contribution in [2.24, 2.45) is 11.8 Å². The van der Waals surface area contributed by atoms with Crippen LogP contribution in [0.25, 0.3) is 10.1 Å². The van der Waals surface area contributed by atoms with E-state index in [1.54, 1.807) is 0 Å². The van der Waals surface area contributed by atoms with Gasteiger partial charge in [-0.1, -0.05) is 54.7 Å². The van der Waals surface area contributed by atoms with Gasteiger partial charge in [-0.15, -0.1) is 11.3 Å². The van der Waals surface area contributed by atoms with Gasteiger partial charge in [0, 0.05) is 34.3 Å². The van der Waals surface area contributed by atoms with E-state index in [0.29, 0.717) is 32.1 Å². The molecule has 32 heavy (non-hydrogen) atoms. The molecule has 1 aliphatic carbocycles. The minimum absolute atomic E-state index is 0.0385. The quantitative estimate of drug-likeness (QED) is 0.301. The molecule has 3 atom stereocenters. The zero-order chi connectivity index (χ0) is 22.9. The number of aryl methyl sites for hydroxylation is 1. The Morgan fingerprint density at radius 3 is 2.84 bits per heavy atom. The minimum atomic E-state index is -0.784. The van der Waals surface area contributed by atoms with Crippen molar-refractivity contribution >= 4 is 33.2 Å². The smallest absolute Gasteiger partial charge is 0.303 e. The molecule has 3 rings (SSSR count). The molecule has 170 valence electrons. The van der Waals surface area contributed by atoms with Gasteiger partial charge in [0.25, 0.3) is 0 Å². The number of Topliss-reactive ketones (excluding diaryl/α,β-unsaturated/α-hetero) is 1. The Balaban J connectivity index is 1.45. The van der Waals surface area contributed by atoms with Crippen molar-refractivity contribution in [1.82, 2.24) is 0 Å². The lowest BCUT2D eigenvalue weighted by Crippen LogP contribution is -2.13. The Kier molecular flexibility index (Phi) is 9.00. The van der Waals surface area contributed by atoms with Crippen LogP contribution < -0.4 is 0 Å². The highest BCUT2D eigenvalue weighted by atomic mass is 32.1. The van der Waals surface area contributed by atoms with Crippen LogP contribution in [-0.2, 0) is 16.0 Å². The van der Waals surface area contributed by atoms with Gasteiger partial charge in [0.15, 0.2) is 0 Å². The minimum Gasteiger partial charge on any atom is -0.481 e. The average Bonchev–Trinajstić information content (AvgIpc) is 3.28. The predicted octanol–water partition coefficient (Wildman–Crippen LogP) is 6.10. The number of allylic oxidation sites excluding steroid dienone is 4. The van der Waals surface area contributed by atoms with Crippen molar-refractivity contribution in [2.45, 2.75) is 57.5 Å². The highest BCUT2D eigenvalue weighted by Gasteiger charge is 2.34. The molecule has 1 aromatic carbocycles. The molecule has 1 fully saturated rings. The number of rotatable bonds is 12. The molecule has 0 amide bonds. The van der Waals surface area contributed by atoms with Gasteiger partial charge >= 0.3 is 5.97 Å². The van der Waals surface area contributed by atoms with Gasteiger partial charge in [0.05, 0.1) is 6.10 Å². The zero-order valence-electron chi connectivity index (χ0n) is 18.4. The number of aliphatic hydroxyl groups is 1. The van der Waals surface area contributed by atoms with E-state index >= 15 is 0 Å². The third-order valence-corrected chi connectivity index (χ3v) is 7.15. The summed E-state index contributed by atoms with van der Waals surface area (Å²) in [6, 6.07) is 10.6. The lowest BCUT2D eigenvalue weighted by molar-refractivity contribution is -0.137. The van der Waals surface area contributed by atoms with Crippen molar-refractivity contribution < 1.29 is 19.8 Å². The monoisotopic (exact) mass is 452 g/mol.